The van der Waals surface area contributed by atoms with Crippen LogP contribution >= 0.6 is 17.0 Å². The average Bonchev–Trinajstić information content (AvgIpc) is 3.65. The van der Waals surface area contributed by atoms with Gasteiger partial charge < -0.3 is 0 Å². The van der Waals surface area contributed by atoms with Gasteiger partial charge in [0.25, 0.3) is 0 Å². The number of benzene rings is 4. The molecule has 2 atom stereocenters. The first-order valence-corrected chi connectivity index (χ1v) is 34.8. The van der Waals surface area contributed by atoms with Gasteiger partial charge in [-0.1, -0.05) is 0 Å². The summed E-state index contributed by atoms with van der Waals surface area (Å²) in [5.74, 6) is -1.73. The van der Waals surface area contributed by atoms with Crippen molar-refractivity contribution in [3.05, 3.63) is 127 Å². The van der Waals surface area contributed by atoms with Gasteiger partial charge in [0.2, 0.25) is 0 Å². The fraction of sp³-hybridized carbons (Fsp3) is 0.391. The van der Waals surface area contributed by atoms with Crippen LogP contribution in [0.15, 0.2) is 71.8 Å². The summed E-state index contributed by atoms with van der Waals surface area (Å²) in [6.45, 7) is 32.6. The molecule has 0 nitrogen and oxygen atoms in total. The van der Waals surface area contributed by atoms with Gasteiger partial charge in [-0.15, -0.1) is 0 Å². The third kappa shape index (κ3) is 5.70. The van der Waals surface area contributed by atoms with E-state index in [9.17, 15) is 0 Å². The monoisotopic (exact) mass is 797 g/mol. The fourth-order valence-corrected chi connectivity index (χ4v) is 40.5. The van der Waals surface area contributed by atoms with E-state index in [-0.39, 0.29) is 18.1 Å². The zero-order valence-electron chi connectivity index (χ0n) is 32.9. The second-order valence-corrected chi connectivity index (χ2v) is 60.4. The summed E-state index contributed by atoms with van der Waals surface area (Å²) in [4.78, 5) is 0. The first-order valence-electron chi connectivity index (χ1n) is 18.5. The molecule has 50 heavy (non-hydrogen) atoms. The Balaban J connectivity index is 1.68. The van der Waals surface area contributed by atoms with Gasteiger partial charge >= 0.3 is 315 Å². The van der Waals surface area contributed by atoms with E-state index in [0.29, 0.717) is 0 Å². The number of rotatable bonds is 5. The van der Waals surface area contributed by atoms with Crippen molar-refractivity contribution in [2.75, 3.05) is 0 Å². The predicted molar refractivity (Wildman–Crippen MR) is 223 cm³/mol. The number of halogens is 2. The molecule has 2 aliphatic rings. The maximum atomic E-state index is 8.91. The minimum atomic E-state index is -5.03. The van der Waals surface area contributed by atoms with Crippen molar-refractivity contribution in [2.45, 2.75) is 103 Å². The number of aryl methyl sites for hydroxylation is 2. The van der Waals surface area contributed by atoms with E-state index in [0.717, 1.165) is 0 Å². The molecule has 0 bridgehead atoms. The Bertz CT molecular complexity index is 1970. The van der Waals surface area contributed by atoms with Gasteiger partial charge in [0.15, 0.2) is 0 Å². The molecule has 4 aromatic rings. The summed E-state index contributed by atoms with van der Waals surface area (Å²) in [6, 6.07) is 23.1. The molecule has 4 aromatic carbocycles. The predicted octanol–water partition coefficient (Wildman–Crippen LogP) is 14.5. The third-order valence-corrected chi connectivity index (χ3v) is 64.3. The number of allylic oxidation sites excluding steroid dienone is 2. The third-order valence-electron chi connectivity index (χ3n) is 12.8. The van der Waals surface area contributed by atoms with E-state index in [4.69, 9.17) is 17.0 Å². The van der Waals surface area contributed by atoms with Crippen LogP contribution in [0.25, 0.3) is 34.4 Å². The van der Waals surface area contributed by atoms with Crippen LogP contribution in [0.5, 0.6) is 0 Å². The Labute approximate surface area is 312 Å². The van der Waals surface area contributed by atoms with E-state index >= 15 is 0 Å². The van der Waals surface area contributed by atoms with Gasteiger partial charge in [-0.05, 0) is 0 Å². The Morgan fingerprint density at radius 1 is 0.500 bits per heavy atom. The maximum absolute atomic E-state index is 8.91. The van der Waals surface area contributed by atoms with Crippen molar-refractivity contribution in [3.8, 4) is 22.3 Å². The Morgan fingerprint density at radius 3 is 1.18 bits per heavy atom. The van der Waals surface area contributed by atoms with Crippen LogP contribution < -0.4 is 0 Å². The fourth-order valence-electron chi connectivity index (χ4n) is 9.09. The van der Waals surface area contributed by atoms with Crippen molar-refractivity contribution in [1.82, 2.24) is 0 Å². The molecule has 0 aromatic heterocycles. The zero-order chi connectivity index (χ0) is 36.9. The molecule has 0 saturated heterocycles. The van der Waals surface area contributed by atoms with Crippen molar-refractivity contribution >= 4 is 35.1 Å². The van der Waals surface area contributed by atoms with E-state index in [2.05, 4.69) is 169 Å². The van der Waals surface area contributed by atoms with Crippen LogP contribution in [0.4, 0.5) is 0 Å². The van der Waals surface area contributed by atoms with Crippen LogP contribution in [0, 0.1) is 52.4 Å². The Hall–Kier alpha value is -1.96. The molecule has 0 aliphatic heterocycles. The molecule has 0 N–H and O–H groups in total. The molecule has 0 heterocycles. The standard InChI is InChI=1S/2C22H25.C2H7Si.2ClH.Zr/c2*1-14-10-11-19(16(3)15(14)2)20-9-7-8-17-12-18(13-21(17)20)22(4,5)6;1-3-2;;;/h2*7-13H,1-6H3;3H,1-2H3;2*1H;/q;;;;;+2/p-2. The number of hydrogen-bond acceptors (Lipinski definition) is 0. The zero-order valence-corrected chi connectivity index (χ0v) is 38.0. The summed E-state index contributed by atoms with van der Waals surface area (Å²) in [6.07, 6.45) is 5.04. The van der Waals surface area contributed by atoms with Crippen LogP contribution in [0.1, 0.15) is 104 Å². The molecule has 263 valence electrons. The van der Waals surface area contributed by atoms with Gasteiger partial charge in [0.05, 0.1) is 0 Å². The minimum absolute atomic E-state index is 0.0296. The molecule has 4 heteroatoms. The topological polar surface area (TPSA) is 0 Å². The summed E-state index contributed by atoms with van der Waals surface area (Å²) in [7, 11) is 17.8. The summed E-state index contributed by atoms with van der Waals surface area (Å²) < 4.78 is 0.0592. The van der Waals surface area contributed by atoms with Crippen LogP contribution in [-0.2, 0) is 15.6 Å². The van der Waals surface area contributed by atoms with E-state index in [1.165, 1.54) is 89.0 Å². The SMILES string of the molecule is Cc1ccc(-c2cccc3c2C=C(C(C)(C)C)[CH]3[Zr]([Cl])([Cl])([CH]2C(C(C)(C)C)=Cc3c(-c4ccc(C)c(C)c4C)cccc32)[SiH](C)C)c(C)c1C. The second-order valence-electron chi connectivity index (χ2n) is 17.9. The molecule has 0 spiro atoms. The molecule has 0 radical (unpaired) electrons. The van der Waals surface area contributed by atoms with Crippen molar-refractivity contribution in [2.24, 2.45) is 10.8 Å². The summed E-state index contributed by atoms with van der Waals surface area (Å²) >= 11 is -5.03. The van der Waals surface area contributed by atoms with E-state index < -0.39 is 21.5 Å². The number of fused-ring (bicyclic) bond motifs is 2. The first kappa shape index (κ1) is 37.8. The molecule has 6 rings (SSSR count). The van der Waals surface area contributed by atoms with Gasteiger partial charge in [-0.3, -0.25) is 0 Å². The summed E-state index contributed by atoms with van der Waals surface area (Å²) in [5.41, 5.74) is 21.3. The van der Waals surface area contributed by atoms with Crippen LogP contribution in [0.2, 0.25) is 13.1 Å². The van der Waals surface area contributed by atoms with Gasteiger partial charge in [-0.25, -0.2) is 0 Å². The molecule has 0 saturated carbocycles. The molecule has 0 fully saturated rings. The van der Waals surface area contributed by atoms with Crippen molar-refractivity contribution in [1.29, 1.82) is 0 Å². The Kier molecular flexibility index (Phi) is 9.50. The van der Waals surface area contributed by atoms with Crippen LogP contribution in [-0.4, -0.2) is 5.92 Å². The quantitative estimate of drug-likeness (QED) is 0.176. The van der Waals surface area contributed by atoms with Crippen molar-refractivity contribution < 1.29 is 15.6 Å². The molecular weight excluding hydrogens is 743 g/mol. The normalized spacial score (nSPS) is 18.5. The summed E-state index contributed by atoms with van der Waals surface area (Å²) in [5, 5.41) is 0. The molecule has 0 amide bonds. The van der Waals surface area contributed by atoms with E-state index in [1.807, 2.05) is 0 Å². The Morgan fingerprint density at radius 2 is 0.860 bits per heavy atom. The second kappa shape index (κ2) is 12.6. The van der Waals surface area contributed by atoms with Gasteiger partial charge in [0.1, 0.15) is 0 Å². The van der Waals surface area contributed by atoms with Gasteiger partial charge in [-0.2, -0.15) is 0 Å². The van der Waals surface area contributed by atoms with Gasteiger partial charge in [0, 0.05) is 0 Å². The molecule has 2 unspecified atom stereocenters. The molecular formula is C46H57Cl2SiZr. The first-order chi connectivity index (χ1) is 23.1. The van der Waals surface area contributed by atoms with Crippen molar-refractivity contribution in [3.63, 3.8) is 0 Å². The average molecular weight is 800 g/mol. The van der Waals surface area contributed by atoms with E-state index in [1.54, 1.807) is 0 Å². The number of hydrogen-bond donors (Lipinski definition) is 0. The van der Waals surface area contributed by atoms with Crippen LogP contribution in [0.3, 0.4) is 0 Å². The molecule has 2 aliphatic carbocycles.